The molecule has 50 heavy (non-hydrogen) atoms. The molecular formula is C40H40Cl2FN3O4. The van der Waals surface area contributed by atoms with Crippen molar-refractivity contribution in [3.63, 3.8) is 0 Å². The van der Waals surface area contributed by atoms with Gasteiger partial charge in [-0.05, 0) is 66.4 Å². The molecule has 260 valence electrons. The lowest BCUT2D eigenvalue weighted by Gasteiger charge is -2.26. The topological polar surface area (TPSA) is 93.9 Å². The minimum absolute atomic E-state index is 0. The van der Waals surface area contributed by atoms with Gasteiger partial charge in [-0.25, -0.2) is 4.39 Å². The summed E-state index contributed by atoms with van der Waals surface area (Å²) >= 11 is 6.42. The van der Waals surface area contributed by atoms with E-state index in [1.54, 1.807) is 48.4 Å². The molecule has 1 atom stereocenters. The maximum atomic E-state index is 14.1. The van der Waals surface area contributed by atoms with Crippen LogP contribution in [0, 0.1) is 5.82 Å². The van der Waals surface area contributed by atoms with Gasteiger partial charge in [0.2, 0.25) is 11.8 Å². The van der Waals surface area contributed by atoms with E-state index in [2.05, 4.69) is 5.32 Å². The molecular weight excluding hydrogens is 676 g/mol. The van der Waals surface area contributed by atoms with Crippen molar-refractivity contribution >= 4 is 41.5 Å². The number of hydrogen-bond acceptors (Lipinski definition) is 5. The van der Waals surface area contributed by atoms with E-state index in [0.717, 1.165) is 28.0 Å². The van der Waals surface area contributed by atoms with Gasteiger partial charge >= 0.3 is 0 Å². The summed E-state index contributed by atoms with van der Waals surface area (Å²) in [5.41, 5.74) is 10.6. The molecule has 0 aliphatic carbocycles. The summed E-state index contributed by atoms with van der Waals surface area (Å²) in [5, 5.41) is 3.21. The van der Waals surface area contributed by atoms with Crippen molar-refractivity contribution in [3.8, 4) is 28.4 Å². The van der Waals surface area contributed by atoms with Crippen molar-refractivity contribution in [3.05, 3.63) is 143 Å². The lowest BCUT2D eigenvalue weighted by atomic mass is 10.0. The van der Waals surface area contributed by atoms with Gasteiger partial charge in [-0.1, -0.05) is 84.4 Å². The molecule has 5 rings (SSSR count). The first kappa shape index (κ1) is 37.9. The van der Waals surface area contributed by atoms with Crippen LogP contribution in [-0.4, -0.2) is 25.5 Å². The molecule has 0 fully saturated rings. The number of ether oxygens (including phenoxy) is 2. The molecule has 0 saturated carbocycles. The molecule has 5 aromatic carbocycles. The minimum atomic E-state index is -0.378. The summed E-state index contributed by atoms with van der Waals surface area (Å²) in [6.07, 6.45) is 0.587. The number of methoxy groups -OCH3 is 1. The van der Waals surface area contributed by atoms with Gasteiger partial charge in [-0.2, -0.15) is 0 Å². The Balaban J connectivity index is 0.00000562. The molecule has 0 heterocycles. The highest BCUT2D eigenvalue weighted by molar-refractivity contribution is 6.30. The van der Waals surface area contributed by atoms with Gasteiger partial charge in [0.1, 0.15) is 17.3 Å². The number of rotatable bonds is 14. The number of carbonyl (C=O) groups excluding carboxylic acids is 2. The lowest BCUT2D eigenvalue weighted by molar-refractivity contribution is -0.122. The Morgan fingerprint density at radius 3 is 2.38 bits per heavy atom. The van der Waals surface area contributed by atoms with Crippen LogP contribution in [-0.2, 0) is 22.6 Å². The number of benzene rings is 5. The quantitative estimate of drug-likeness (QED) is 0.120. The van der Waals surface area contributed by atoms with E-state index in [-0.39, 0.29) is 62.0 Å². The molecule has 0 bridgehead atoms. The summed E-state index contributed by atoms with van der Waals surface area (Å²) in [5.74, 6) is 0.883. The van der Waals surface area contributed by atoms with Crippen LogP contribution >= 0.6 is 24.0 Å². The summed E-state index contributed by atoms with van der Waals surface area (Å²) < 4.78 is 25.9. The van der Waals surface area contributed by atoms with Crippen LogP contribution in [0.1, 0.15) is 42.5 Å². The maximum absolute atomic E-state index is 14.1. The molecule has 0 spiro atoms. The number of para-hydroxylation sites is 1. The van der Waals surface area contributed by atoms with Crippen LogP contribution in [0.3, 0.4) is 0 Å². The fourth-order valence-electron chi connectivity index (χ4n) is 5.44. The zero-order valence-electron chi connectivity index (χ0n) is 27.9. The first-order valence-corrected chi connectivity index (χ1v) is 16.5. The normalized spacial score (nSPS) is 11.2. The van der Waals surface area contributed by atoms with Gasteiger partial charge in [-0.3, -0.25) is 9.59 Å². The number of nitrogens with zero attached hydrogens (tertiary/aromatic N) is 1. The molecule has 10 heteroatoms. The van der Waals surface area contributed by atoms with Crippen molar-refractivity contribution in [2.45, 2.75) is 38.8 Å². The summed E-state index contributed by atoms with van der Waals surface area (Å²) in [4.78, 5) is 28.5. The lowest BCUT2D eigenvalue weighted by Crippen LogP contribution is -2.34. The molecule has 0 saturated heterocycles. The zero-order valence-corrected chi connectivity index (χ0v) is 29.5. The van der Waals surface area contributed by atoms with Crippen LogP contribution in [0.15, 0.2) is 115 Å². The number of nitrogens with one attached hydrogen (secondary N) is 1. The van der Waals surface area contributed by atoms with Gasteiger partial charge in [0.05, 0.1) is 19.2 Å². The van der Waals surface area contributed by atoms with Crippen molar-refractivity contribution in [1.29, 1.82) is 0 Å². The monoisotopic (exact) mass is 715 g/mol. The molecule has 1 unspecified atom stereocenters. The smallest absolute Gasteiger partial charge is 0.231 e. The standard InChI is InChI=1S/C40H39ClFN3O4.ClH/c1-27(43)30-10-7-11-33(24-30)49-38-25-32(41)20-21-36(38)45(22-8-15-39(46)44-26-31-9-3-5-13-35(31)42)40(47)23-28-16-18-29(19-17-28)34-12-4-6-14-37(34)48-2;/h3-7,9-14,16-21,24-25,27H,8,15,22-23,26,43H2,1-2H3,(H,44,46);1H. The molecule has 5 aromatic rings. The molecule has 0 aliphatic heterocycles. The predicted molar refractivity (Wildman–Crippen MR) is 200 cm³/mol. The Morgan fingerprint density at radius 2 is 1.64 bits per heavy atom. The van der Waals surface area contributed by atoms with E-state index in [0.29, 0.717) is 34.2 Å². The molecule has 0 radical (unpaired) electrons. The Hall–Kier alpha value is -4.89. The second-order valence-corrected chi connectivity index (χ2v) is 12.1. The van der Waals surface area contributed by atoms with Crippen LogP contribution in [0.5, 0.6) is 17.2 Å². The Labute approximate surface area is 303 Å². The number of anilines is 1. The Bertz CT molecular complexity index is 1900. The third-order valence-electron chi connectivity index (χ3n) is 8.07. The van der Waals surface area contributed by atoms with E-state index in [9.17, 15) is 14.0 Å². The third kappa shape index (κ3) is 10.1. The van der Waals surface area contributed by atoms with E-state index in [4.69, 9.17) is 26.8 Å². The van der Waals surface area contributed by atoms with Crippen molar-refractivity contribution in [1.82, 2.24) is 5.32 Å². The van der Waals surface area contributed by atoms with Crippen molar-refractivity contribution < 1.29 is 23.5 Å². The third-order valence-corrected chi connectivity index (χ3v) is 8.31. The van der Waals surface area contributed by atoms with Gasteiger partial charge in [0.15, 0.2) is 5.75 Å². The molecule has 3 N–H and O–H groups in total. The molecule has 0 aliphatic rings. The molecule has 0 aromatic heterocycles. The number of carbonyl (C=O) groups is 2. The summed E-state index contributed by atoms with van der Waals surface area (Å²) in [6.45, 7) is 2.19. The second-order valence-electron chi connectivity index (χ2n) is 11.7. The minimum Gasteiger partial charge on any atom is -0.496 e. The maximum Gasteiger partial charge on any atom is 0.231 e. The van der Waals surface area contributed by atoms with Crippen molar-refractivity contribution in [2.24, 2.45) is 5.73 Å². The van der Waals surface area contributed by atoms with Crippen LogP contribution in [0.25, 0.3) is 11.1 Å². The van der Waals surface area contributed by atoms with Crippen LogP contribution in [0.2, 0.25) is 5.02 Å². The number of amides is 2. The summed E-state index contributed by atoms with van der Waals surface area (Å²) in [7, 11) is 1.64. The first-order valence-electron chi connectivity index (χ1n) is 16.1. The number of nitrogens with two attached hydrogens (primary N) is 1. The van der Waals surface area contributed by atoms with E-state index < -0.39 is 0 Å². The van der Waals surface area contributed by atoms with E-state index in [1.165, 1.54) is 6.07 Å². The van der Waals surface area contributed by atoms with E-state index in [1.807, 2.05) is 79.7 Å². The van der Waals surface area contributed by atoms with Crippen LogP contribution in [0.4, 0.5) is 10.1 Å². The SMILES string of the molecule is COc1ccccc1-c1ccc(CC(=O)N(CCCC(=O)NCc2ccccc2F)c2ccc(Cl)cc2Oc2cccc(C(C)N)c2)cc1.Cl. The highest BCUT2D eigenvalue weighted by Gasteiger charge is 2.22. The predicted octanol–water partition coefficient (Wildman–Crippen LogP) is 9.06. The first-order chi connectivity index (χ1) is 23.7. The summed E-state index contributed by atoms with van der Waals surface area (Å²) in [6, 6.07) is 34.2. The average Bonchev–Trinajstić information content (AvgIpc) is 3.10. The van der Waals surface area contributed by atoms with Crippen molar-refractivity contribution in [2.75, 3.05) is 18.6 Å². The zero-order chi connectivity index (χ0) is 34.8. The average molecular weight is 717 g/mol. The fraction of sp³-hybridized carbons (Fsp3) is 0.200. The highest BCUT2D eigenvalue weighted by atomic mass is 35.5. The van der Waals surface area contributed by atoms with Gasteiger partial charge in [0, 0.05) is 47.8 Å². The molecule has 7 nitrogen and oxygen atoms in total. The number of halogens is 3. The molecule has 2 amide bonds. The van der Waals surface area contributed by atoms with Crippen LogP contribution < -0.4 is 25.4 Å². The van der Waals surface area contributed by atoms with Gasteiger partial charge in [-0.15, -0.1) is 12.4 Å². The highest BCUT2D eigenvalue weighted by Crippen LogP contribution is 2.36. The van der Waals surface area contributed by atoms with E-state index >= 15 is 0 Å². The second kappa shape index (κ2) is 18.2. The van der Waals surface area contributed by atoms with Gasteiger partial charge < -0.3 is 25.4 Å². The Morgan fingerprint density at radius 1 is 0.900 bits per heavy atom. The Kier molecular flexibility index (Phi) is 13.8. The number of hydrogen-bond donors (Lipinski definition) is 2. The van der Waals surface area contributed by atoms with Gasteiger partial charge in [0.25, 0.3) is 0 Å². The fourth-order valence-corrected chi connectivity index (χ4v) is 5.60. The largest absolute Gasteiger partial charge is 0.496 e.